The Hall–Kier alpha value is -3.87. The highest BCUT2D eigenvalue weighted by atomic mass is 16.5. The van der Waals surface area contributed by atoms with Gasteiger partial charge in [-0.2, -0.15) is 0 Å². The third kappa shape index (κ3) is 3.14. The number of carbonyl (C=O) groups is 2. The number of rotatable bonds is 4. The van der Waals surface area contributed by atoms with Gasteiger partial charge in [0.05, 0.1) is 18.7 Å². The summed E-state index contributed by atoms with van der Waals surface area (Å²) in [6.07, 6.45) is 0. The van der Waals surface area contributed by atoms with Crippen LogP contribution in [0.3, 0.4) is 0 Å². The zero-order chi connectivity index (χ0) is 21.4. The molecule has 2 heterocycles. The van der Waals surface area contributed by atoms with Gasteiger partial charge < -0.3 is 14.4 Å². The van der Waals surface area contributed by atoms with Crippen molar-refractivity contribution in [1.29, 1.82) is 0 Å². The van der Waals surface area contributed by atoms with Crippen molar-refractivity contribution in [2.24, 2.45) is 0 Å². The number of aliphatic hydroxyl groups is 1. The van der Waals surface area contributed by atoms with Crippen molar-refractivity contribution in [3.63, 3.8) is 0 Å². The van der Waals surface area contributed by atoms with Crippen LogP contribution in [0.1, 0.15) is 28.5 Å². The fraction of sp³-hybridized carbons (Fsp3) is 0.174. The lowest BCUT2D eigenvalue weighted by molar-refractivity contribution is -0.132. The topological polar surface area (TPSA) is 92.9 Å². The highest BCUT2D eigenvalue weighted by Crippen LogP contribution is 2.42. The van der Waals surface area contributed by atoms with Crippen LogP contribution in [0.4, 0.5) is 5.82 Å². The average molecular weight is 404 g/mol. The van der Waals surface area contributed by atoms with Crippen molar-refractivity contribution in [3.05, 3.63) is 82.6 Å². The normalized spacial score (nSPS) is 18.1. The van der Waals surface area contributed by atoms with Gasteiger partial charge in [0.25, 0.3) is 5.78 Å². The predicted octanol–water partition coefficient (Wildman–Crippen LogP) is 3.93. The Morgan fingerprint density at radius 3 is 2.43 bits per heavy atom. The summed E-state index contributed by atoms with van der Waals surface area (Å²) in [5.74, 6) is -0.433. The van der Waals surface area contributed by atoms with E-state index in [0.29, 0.717) is 22.6 Å². The van der Waals surface area contributed by atoms with E-state index >= 15 is 0 Å². The Morgan fingerprint density at radius 2 is 1.83 bits per heavy atom. The van der Waals surface area contributed by atoms with Gasteiger partial charge in [-0.25, -0.2) is 0 Å². The van der Waals surface area contributed by atoms with E-state index in [1.165, 1.54) is 4.90 Å². The third-order valence-corrected chi connectivity index (χ3v) is 5.09. The quantitative estimate of drug-likeness (QED) is 0.402. The summed E-state index contributed by atoms with van der Waals surface area (Å²) >= 11 is 0. The molecule has 1 aromatic heterocycles. The standard InChI is InChI=1S/C23H20N2O5/c1-13-11-16(9-10-17(13)29-3)21(26)19-20(15-7-5-4-6-8-15)25(23(28)22(19)27)18-12-14(2)30-24-18/h4-12,20,26H,1-3H3. The van der Waals surface area contributed by atoms with E-state index in [1.807, 2.05) is 13.0 Å². The zero-order valence-electron chi connectivity index (χ0n) is 16.7. The maximum absolute atomic E-state index is 13.0. The molecule has 1 amide bonds. The molecule has 30 heavy (non-hydrogen) atoms. The highest BCUT2D eigenvalue weighted by molar-refractivity contribution is 6.51. The van der Waals surface area contributed by atoms with Gasteiger partial charge in [0.15, 0.2) is 5.82 Å². The molecule has 0 radical (unpaired) electrons. The predicted molar refractivity (Wildman–Crippen MR) is 110 cm³/mol. The Bertz CT molecular complexity index is 1160. The second-order valence-corrected chi connectivity index (χ2v) is 7.06. The van der Waals surface area contributed by atoms with E-state index < -0.39 is 17.7 Å². The molecule has 1 saturated heterocycles. The molecule has 1 N–H and O–H groups in total. The molecule has 1 aliphatic rings. The minimum atomic E-state index is -0.835. The summed E-state index contributed by atoms with van der Waals surface area (Å²) in [7, 11) is 1.56. The second kappa shape index (κ2) is 7.51. The number of aliphatic hydroxyl groups excluding tert-OH is 1. The Labute approximate surface area is 173 Å². The van der Waals surface area contributed by atoms with Gasteiger partial charge in [0.1, 0.15) is 17.3 Å². The third-order valence-electron chi connectivity index (χ3n) is 5.09. The first kappa shape index (κ1) is 19.4. The lowest BCUT2D eigenvalue weighted by Crippen LogP contribution is -2.29. The number of amides is 1. The molecule has 152 valence electrons. The van der Waals surface area contributed by atoms with E-state index in [9.17, 15) is 14.7 Å². The van der Waals surface area contributed by atoms with Gasteiger partial charge in [0.2, 0.25) is 0 Å². The molecule has 7 heteroatoms. The molecule has 1 aliphatic heterocycles. The van der Waals surface area contributed by atoms with Crippen LogP contribution in [0, 0.1) is 13.8 Å². The lowest BCUT2D eigenvalue weighted by Gasteiger charge is -2.22. The van der Waals surface area contributed by atoms with E-state index in [-0.39, 0.29) is 17.2 Å². The maximum atomic E-state index is 13.0. The van der Waals surface area contributed by atoms with Crippen LogP contribution in [-0.2, 0) is 9.59 Å². The number of ketones is 1. The average Bonchev–Trinajstić information content (AvgIpc) is 3.29. The first-order valence-corrected chi connectivity index (χ1v) is 9.36. The zero-order valence-corrected chi connectivity index (χ0v) is 16.7. The van der Waals surface area contributed by atoms with Gasteiger partial charge >= 0.3 is 5.91 Å². The van der Waals surface area contributed by atoms with Crippen LogP contribution < -0.4 is 9.64 Å². The van der Waals surface area contributed by atoms with Gasteiger partial charge in [-0.05, 0) is 43.2 Å². The molecule has 4 rings (SSSR count). The fourth-order valence-electron chi connectivity index (χ4n) is 3.67. The molecule has 7 nitrogen and oxygen atoms in total. The van der Waals surface area contributed by atoms with Crippen molar-refractivity contribution in [3.8, 4) is 5.75 Å². The van der Waals surface area contributed by atoms with E-state index in [4.69, 9.17) is 9.26 Å². The number of hydrogen-bond donors (Lipinski definition) is 1. The minimum Gasteiger partial charge on any atom is -0.507 e. The van der Waals surface area contributed by atoms with Gasteiger partial charge in [-0.1, -0.05) is 35.5 Å². The van der Waals surface area contributed by atoms with Crippen molar-refractivity contribution in [1.82, 2.24) is 5.16 Å². The summed E-state index contributed by atoms with van der Waals surface area (Å²) in [6, 6.07) is 14.9. The van der Waals surface area contributed by atoms with Gasteiger partial charge in [0, 0.05) is 11.6 Å². The smallest absolute Gasteiger partial charge is 0.301 e. The largest absolute Gasteiger partial charge is 0.507 e. The Kier molecular flexibility index (Phi) is 4.87. The second-order valence-electron chi connectivity index (χ2n) is 7.06. The monoisotopic (exact) mass is 404 g/mol. The molecule has 2 aromatic carbocycles. The highest BCUT2D eigenvalue weighted by Gasteiger charge is 2.48. The van der Waals surface area contributed by atoms with Crippen LogP contribution in [-0.4, -0.2) is 29.1 Å². The molecule has 0 bridgehead atoms. The number of Topliss-reactive ketones (excluding diaryl/α,β-unsaturated/α-hetero) is 1. The van der Waals surface area contributed by atoms with Crippen LogP contribution in [0.5, 0.6) is 5.75 Å². The van der Waals surface area contributed by atoms with Gasteiger partial charge in [-0.15, -0.1) is 0 Å². The first-order valence-electron chi connectivity index (χ1n) is 9.36. The summed E-state index contributed by atoms with van der Waals surface area (Å²) in [5.41, 5.74) is 1.88. The number of benzene rings is 2. The molecular weight excluding hydrogens is 384 g/mol. The molecule has 1 atom stereocenters. The van der Waals surface area contributed by atoms with E-state index in [0.717, 1.165) is 5.56 Å². The van der Waals surface area contributed by atoms with Crippen molar-refractivity contribution in [2.45, 2.75) is 19.9 Å². The number of aromatic nitrogens is 1. The number of ether oxygens (including phenoxy) is 1. The summed E-state index contributed by atoms with van der Waals surface area (Å²) < 4.78 is 10.4. The fourth-order valence-corrected chi connectivity index (χ4v) is 3.67. The van der Waals surface area contributed by atoms with Crippen molar-refractivity contribution in [2.75, 3.05) is 12.0 Å². The van der Waals surface area contributed by atoms with Crippen molar-refractivity contribution >= 4 is 23.3 Å². The van der Waals surface area contributed by atoms with Crippen LogP contribution in [0.15, 0.2) is 64.7 Å². The van der Waals surface area contributed by atoms with E-state index in [2.05, 4.69) is 5.16 Å². The van der Waals surface area contributed by atoms with Crippen molar-refractivity contribution < 1.29 is 24.0 Å². The minimum absolute atomic E-state index is 0.00331. The summed E-state index contributed by atoms with van der Waals surface area (Å²) in [4.78, 5) is 27.2. The molecule has 0 saturated carbocycles. The van der Waals surface area contributed by atoms with Crippen LogP contribution in [0.2, 0.25) is 0 Å². The molecule has 1 fully saturated rings. The molecule has 3 aromatic rings. The summed E-state index contributed by atoms with van der Waals surface area (Å²) in [5, 5.41) is 15.0. The molecule has 1 unspecified atom stereocenters. The first-order chi connectivity index (χ1) is 14.4. The van der Waals surface area contributed by atoms with E-state index in [1.54, 1.807) is 62.6 Å². The number of nitrogens with zero attached hydrogens (tertiary/aromatic N) is 2. The number of carbonyl (C=O) groups excluding carboxylic acids is 2. The molecule has 0 spiro atoms. The number of aryl methyl sites for hydroxylation is 2. The van der Waals surface area contributed by atoms with Crippen LogP contribution >= 0.6 is 0 Å². The number of hydrogen-bond acceptors (Lipinski definition) is 6. The Morgan fingerprint density at radius 1 is 1.10 bits per heavy atom. The Balaban J connectivity index is 1.92. The molecule has 0 aliphatic carbocycles. The van der Waals surface area contributed by atoms with Crippen LogP contribution in [0.25, 0.3) is 5.76 Å². The molecular formula is C23H20N2O5. The SMILES string of the molecule is COc1ccc(C(O)=C2C(=O)C(=O)N(c3cc(C)on3)C2c2ccccc2)cc1C. The number of methoxy groups -OCH3 is 1. The number of anilines is 1. The van der Waals surface area contributed by atoms with Gasteiger partial charge in [-0.3, -0.25) is 14.5 Å². The lowest BCUT2D eigenvalue weighted by atomic mass is 9.95. The summed E-state index contributed by atoms with van der Waals surface area (Å²) in [6.45, 7) is 3.53. The maximum Gasteiger partial charge on any atom is 0.301 e.